The van der Waals surface area contributed by atoms with Crippen LogP contribution >= 0.6 is 0 Å². The number of carboxylic acids is 2. The summed E-state index contributed by atoms with van der Waals surface area (Å²) in [6.45, 7) is 0.163. The lowest BCUT2D eigenvalue weighted by atomic mass is 9.99. The third-order valence-corrected chi connectivity index (χ3v) is 4.49. The summed E-state index contributed by atoms with van der Waals surface area (Å²) in [6.07, 6.45) is -0.510. The van der Waals surface area contributed by atoms with Gasteiger partial charge in [-0.05, 0) is 41.0 Å². The molecular weight excluding hydrogens is 398 g/mol. The smallest absolute Gasteiger partial charge is 0.307 e. The minimum absolute atomic E-state index is 0.163. The Hall–Kier alpha value is -4.13. The molecule has 3 aromatic rings. The summed E-state index contributed by atoms with van der Waals surface area (Å²) >= 11 is 0. The molecule has 7 nitrogen and oxygen atoms in total. The third-order valence-electron chi connectivity index (χ3n) is 4.49. The van der Waals surface area contributed by atoms with E-state index in [1.165, 1.54) is 0 Å². The van der Waals surface area contributed by atoms with Crippen LogP contribution in [-0.4, -0.2) is 28.1 Å². The lowest BCUT2D eigenvalue weighted by Gasteiger charge is -2.12. The highest BCUT2D eigenvalue weighted by Gasteiger charge is 2.12. The largest absolute Gasteiger partial charge is 0.489 e. The van der Waals surface area contributed by atoms with Gasteiger partial charge in [0.05, 0.1) is 12.8 Å². The average Bonchev–Trinajstić information content (AvgIpc) is 2.74. The number of aliphatic carboxylic acids is 2. The van der Waals surface area contributed by atoms with Crippen LogP contribution in [0, 0.1) is 0 Å². The molecule has 0 atom stereocenters. The number of nitrogens with one attached hydrogen (secondary N) is 1. The molecule has 0 aliphatic rings. The van der Waals surface area contributed by atoms with Crippen LogP contribution in [-0.2, 0) is 29.0 Å². The SMILES string of the molecule is O=C(O)Cc1ccc(COc2cccc(NC(=O)c3ccccc3)c2)cc1CC(=O)O. The summed E-state index contributed by atoms with van der Waals surface area (Å²) < 4.78 is 5.79. The van der Waals surface area contributed by atoms with Crippen LogP contribution in [0.5, 0.6) is 5.75 Å². The molecular formula is C24H21NO6. The summed E-state index contributed by atoms with van der Waals surface area (Å²) in [7, 11) is 0. The van der Waals surface area contributed by atoms with Gasteiger partial charge in [-0.3, -0.25) is 14.4 Å². The molecule has 31 heavy (non-hydrogen) atoms. The second-order valence-electron chi connectivity index (χ2n) is 6.88. The molecule has 0 saturated carbocycles. The first-order valence-electron chi connectivity index (χ1n) is 9.54. The van der Waals surface area contributed by atoms with Crippen molar-refractivity contribution in [3.05, 3.63) is 95.1 Å². The highest BCUT2D eigenvalue weighted by atomic mass is 16.5. The number of hydrogen-bond acceptors (Lipinski definition) is 4. The molecule has 0 fully saturated rings. The van der Waals surface area contributed by atoms with Crippen LogP contribution in [0.4, 0.5) is 5.69 Å². The summed E-state index contributed by atoms with van der Waals surface area (Å²) in [6, 6.07) is 20.8. The Kier molecular flexibility index (Phi) is 7.01. The van der Waals surface area contributed by atoms with Gasteiger partial charge in [0.25, 0.3) is 5.91 Å². The number of amides is 1. The van der Waals surface area contributed by atoms with Crippen molar-refractivity contribution in [1.82, 2.24) is 0 Å². The van der Waals surface area contributed by atoms with Gasteiger partial charge in [0, 0.05) is 17.3 Å². The molecule has 1 amide bonds. The number of rotatable bonds is 9. The van der Waals surface area contributed by atoms with E-state index in [9.17, 15) is 14.4 Å². The Labute approximate surface area is 178 Å². The number of carbonyl (C=O) groups excluding carboxylic acids is 1. The second-order valence-corrected chi connectivity index (χ2v) is 6.88. The molecule has 0 spiro atoms. The maximum atomic E-state index is 12.3. The van der Waals surface area contributed by atoms with Crippen LogP contribution in [0.25, 0.3) is 0 Å². The number of carboxylic acid groups (broad SMARTS) is 2. The number of carbonyl (C=O) groups is 3. The lowest BCUT2D eigenvalue weighted by molar-refractivity contribution is -0.137. The highest BCUT2D eigenvalue weighted by Crippen LogP contribution is 2.21. The van der Waals surface area contributed by atoms with Crippen LogP contribution in [0.15, 0.2) is 72.8 Å². The standard InChI is InChI=1S/C24H21NO6/c26-22(27)12-18-10-9-16(11-19(18)13-23(28)29)15-31-21-8-4-7-20(14-21)25-24(30)17-5-2-1-3-6-17/h1-11,14H,12-13,15H2,(H,25,30)(H,26,27)(H,28,29). The summed E-state index contributed by atoms with van der Waals surface area (Å²) in [5.74, 6) is -1.76. The van der Waals surface area contributed by atoms with Crippen LogP contribution in [0.2, 0.25) is 0 Å². The van der Waals surface area contributed by atoms with Gasteiger partial charge in [0.1, 0.15) is 12.4 Å². The van der Waals surface area contributed by atoms with E-state index in [4.69, 9.17) is 14.9 Å². The van der Waals surface area contributed by atoms with Gasteiger partial charge in [0.2, 0.25) is 0 Å². The number of hydrogen-bond donors (Lipinski definition) is 3. The van der Waals surface area contributed by atoms with E-state index in [0.29, 0.717) is 33.7 Å². The predicted octanol–water partition coefficient (Wildman–Crippen LogP) is 3.77. The van der Waals surface area contributed by atoms with Crippen molar-refractivity contribution in [2.45, 2.75) is 19.4 Å². The molecule has 7 heteroatoms. The Morgan fingerprint density at radius 2 is 1.48 bits per heavy atom. The molecule has 3 aromatic carbocycles. The molecule has 158 valence electrons. The molecule has 0 bridgehead atoms. The summed E-state index contributed by atoms with van der Waals surface area (Å²) in [5, 5.41) is 20.9. The summed E-state index contributed by atoms with van der Waals surface area (Å²) in [4.78, 5) is 34.4. The Balaban J connectivity index is 1.68. The number of anilines is 1. The van der Waals surface area contributed by atoms with E-state index in [1.807, 2.05) is 6.07 Å². The molecule has 0 radical (unpaired) electrons. The second kappa shape index (κ2) is 10.1. The van der Waals surface area contributed by atoms with Crippen molar-refractivity contribution in [1.29, 1.82) is 0 Å². The molecule has 0 saturated heterocycles. The maximum absolute atomic E-state index is 12.3. The van der Waals surface area contributed by atoms with Crippen molar-refractivity contribution < 1.29 is 29.3 Å². The van der Waals surface area contributed by atoms with Gasteiger partial charge >= 0.3 is 11.9 Å². The van der Waals surface area contributed by atoms with E-state index in [1.54, 1.807) is 66.7 Å². The lowest BCUT2D eigenvalue weighted by Crippen LogP contribution is -2.11. The fraction of sp³-hybridized carbons (Fsp3) is 0.125. The van der Waals surface area contributed by atoms with Crippen molar-refractivity contribution in [2.75, 3.05) is 5.32 Å². The Morgan fingerprint density at radius 1 is 0.774 bits per heavy atom. The quantitative estimate of drug-likeness (QED) is 0.487. The van der Waals surface area contributed by atoms with Crippen molar-refractivity contribution in [2.24, 2.45) is 0 Å². The zero-order chi connectivity index (χ0) is 22.2. The zero-order valence-corrected chi connectivity index (χ0v) is 16.6. The van der Waals surface area contributed by atoms with Gasteiger partial charge in [-0.15, -0.1) is 0 Å². The fourth-order valence-corrected chi connectivity index (χ4v) is 3.06. The molecule has 0 unspecified atom stereocenters. The van der Waals surface area contributed by atoms with Crippen LogP contribution in [0.3, 0.4) is 0 Å². The molecule has 0 aromatic heterocycles. The highest BCUT2D eigenvalue weighted by molar-refractivity contribution is 6.04. The zero-order valence-electron chi connectivity index (χ0n) is 16.6. The monoisotopic (exact) mass is 419 g/mol. The predicted molar refractivity (Wildman–Crippen MR) is 114 cm³/mol. The maximum Gasteiger partial charge on any atom is 0.307 e. The minimum atomic E-state index is -1.04. The third kappa shape index (κ3) is 6.43. The van der Waals surface area contributed by atoms with Gasteiger partial charge < -0.3 is 20.3 Å². The number of benzene rings is 3. The molecule has 0 aliphatic heterocycles. The van der Waals surface area contributed by atoms with E-state index in [2.05, 4.69) is 5.32 Å². The van der Waals surface area contributed by atoms with Crippen LogP contribution in [0.1, 0.15) is 27.0 Å². The molecule has 0 aliphatic carbocycles. The molecule has 0 heterocycles. The van der Waals surface area contributed by atoms with Gasteiger partial charge in [-0.2, -0.15) is 0 Å². The Morgan fingerprint density at radius 3 is 2.19 bits per heavy atom. The normalized spacial score (nSPS) is 10.3. The Bertz CT molecular complexity index is 1090. The first-order chi connectivity index (χ1) is 14.9. The van der Waals surface area contributed by atoms with Gasteiger partial charge in [-0.25, -0.2) is 0 Å². The number of ether oxygens (including phenoxy) is 1. The van der Waals surface area contributed by atoms with Gasteiger partial charge in [-0.1, -0.05) is 42.5 Å². The molecule has 3 N–H and O–H groups in total. The average molecular weight is 419 g/mol. The van der Waals surface area contributed by atoms with Crippen molar-refractivity contribution in [3.63, 3.8) is 0 Å². The van der Waals surface area contributed by atoms with E-state index in [0.717, 1.165) is 0 Å². The van der Waals surface area contributed by atoms with Crippen LogP contribution < -0.4 is 10.1 Å². The van der Waals surface area contributed by atoms with Gasteiger partial charge in [0.15, 0.2) is 0 Å². The fourth-order valence-electron chi connectivity index (χ4n) is 3.06. The van der Waals surface area contributed by atoms with E-state index in [-0.39, 0.29) is 25.4 Å². The van der Waals surface area contributed by atoms with E-state index >= 15 is 0 Å². The van der Waals surface area contributed by atoms with Crippen molar-refractivity contribution >= 4 is 23.5 Å². The topological polar surface area (TPSA) is 113 Å². The first-order valence-corrected chi connectivity index (χ1v) is 9.54. The minimum Gasteiger partial charge on any atom is -0.489 e. The van der Waals surface area contributed by atoms with E-state index < -0.39 is 11.9 Å². The first kappa shape index (κ1) is 21.6. The van der Waals surface area contributed by atoms with Crippen molar-refractivity contribution in [3.8, 4) is 5.75 Å². The molecule has 3 rings (SSSR count). The summed E-state index contributed by atoms with van der Waals surface area (Å²) in [5.41, 5.74) is 2.74.